The van der Waals surface area contributed by atoms with Crippen LogP contribution in [0.5, 0.6) is 0 Å². The van der Waals surface area contributed by atoms with Gasteiger partial charge in [-0.2, -0.15) is 0 Å². The molecule has 0 amide bonds. The van der Waals surface area contributed by atoms with E-state index in [0.29, 0.717) is 40.9 Å². The first-order valence-electron chi connectivity index (χ1n) is 18.6. The summed E-state index contributed by atoms with van der Waals surface area (Å²) in [7, 11) is 0. The summed E-state index contributed by atoms with van der Waals surface area (Å²) in [6.45, 7) is 12.5. The third kappa shape index (κ3) is 6.54. The summed E-state index contributed by atoms with van der Waals surface area (Å²) < 4.78 is 6.66. The Kier molecular flexibility index (Phi) is 9.87. The van der Waals surface area contributed by atoms with Crippen molar-refractivity contribution in [2.45, 2.75) is 130 Å². The summed E-state index contributed by atoms with van der Waals surface area (Å²) in [5.74, 6) is 4.84. The fraction of sp³-hybridized carbons (Fsp3) is 0.690. The topological polar surface area (TPSA) is 46.5 Å². The van der Waals surface area contributed by atoms with Crippen LogP contribution in [0.3, 0.4) is 0 Å². The van der Waals surface area contributed by atoms with Gasteiger partial charge in [0, 0.05) is 5.92 Å². The lowest BCUT2D eigenvalue weighted by atomic mass is 9.44. The van der Waals surface area contributed by atoms with Crippen molar-refractivity contribution >= 4 is 5.97 Å². The van der Waals surface area contributed by atoms with Crippen LogP contribution in [0.1, 0.15) is 134 Å². The molecule has 4 fully saturated rings. The average molecular weight is 613 g/mol. The van der Waals surface area contributed by atoms with Gasteiger partial charge in [-0.25, -0.2) is 0 Å². The molecule has 246 valence electrons. The Hall–Kier alpha value is -2.13. The number of esters is 1. The molecule has 4 saturated carbocycles. The lowest BCUT2D eigenvalue weighted by molar-refractivity contribution is -0.190. The normalized spacial score (nSPS) is 35.6. The van der Waals surface area contributed by atoms with Gasteiger partial charge < -0.3 is 9.84 Å². The number of aliphatic hydroxyl groups excluding tert-OH is 1. The van der Waals surface area contributed by atoms with Gasteiger partial charge in [0.25, 0.3) is 0 Å². The Balaban J connectivity index is 1.17. The number of carbonyl (C=O) groups is 1. The maximum atomic E-state index is 13.7. The van der Waals surface area contributed by atoms with Crippen LogP contribution in [-0.4, -0.2) is 17.2 Å². The van der Waals surface area contributed by atoms with Crippen LogP contribution in [0.4, 0.5) is 0 Å². The van der Waals surface area contributed by atoms with Crippen LogP contribution in [0.25, 0.3) is 0 Å². The number of carbonyl (C=O) groups excluding carboxylic acids is 1. The maximum Gasteiger partial charge on any atom is 0.310 e. The predicted molar refractivity (Wildman–Crippen MR) is 184 cm³/mol. The van der Waals surface area contributed by atoms with Gasteiger partial charge in [-0.15, -0.1) is 0 Å². The highest BCUT2D eigenvalue weighted by Gasteiger charge is 2.63. The first-order valence-corrected chi connectivity index (χ1v) is 18.6. The first kappa shape index (κ1) is 32.8. The lowest BCUT2D eigenvalue weighted by Crippen LogP contribution is -2.58. The SMILES string of the molecule is CC(C)CCC[C@@H](C)[C@H]1CC[C@H]2[C@@H]3[C@H](OC(=O)Cc4ccc(C(O)c5ccccc5)cc4)C[C@H]4CCCC[C@]4(C)[C@H]3CC[C@]12C. The highest BCUT2D eigenvalue weighted by molar-refractivity contribution is 5.72. The maximum absolute atomic E-state index is 13.7. The van der Waals surface area contributed by atoms with Crippen molar-refractivity contribution < 1.29 is 14.6 Å². The molecule has 1 N–H and O–H groups in total. The van der Waals surface area contributed by atoms with Crippen molar-refractivity contribution in [2.75, 3.05) is 0 Å². The van der Waals surface area contributed by atoms with Crippen LogP contribution in [0, 0.1) is 52.3 Å². The van der Waals surface area contributed by atoms with E-state index < -0.39 is 6.10 Å². The quantitative estimate of drug-likeness (QED) is 0.272. The van der Waals surface area contributed by atoms with Crippen molar-refractivity contribution in [2.24, 2.45) is 52.3 Å². The molecular formula is C42H60O3. The molecular weight excluding hydrogens is 552 g/mol. The monoisotopic (exact) mass is 612 g/mol. The second kappa shape index (κ2) is 13.5. The Morgan fingerprint density at radius 2 is 1.56 bits per heavy atom. The fourth-order valence-electron chi connectivity index (χ4n) is 11.4. The number of hydrogen-bond acceptors (Lipinski definition) is 3. The van der Waals surface area contributed by atoms with Crippen LogP contribution >= 0.6 is 0 Å². The van der Waals surface area contributed by atoms with Gasteiger partial charge in [0.15, 0.2) is 0 Å². The predicted octanol–water partition coefficient (Wildman–Crippen LogP) is 10.3. The highest BCUT2D eigenvalue weighted by atomic mass is 16.5. The smallest absolute Gasteiger partial charge is 0.310 e. The molecule has 1 unspecified atom stereocenters. The van der Waals surface area contributed by atoms with Crippen molar-refractivity contribution in [3.63, 3.8) is 0 Å². The molecule has 2 aromatic carbocycles. The molecule has 10 atom stereocenters. The van der Waals surface area contributed by atoms with Gasteiger partial charge in [-0.05, 0) is 108 Å². The molecule has 0 radical (unpaired) electrons. The van der Waals surface area contributed by atoms with Crippen LogP contribution in [0.2, 0.25) is 0 Å². The van der Waals surface area contributed by atoms with E-state index in [9.17, 15) is 9.90 Å². The van der Waals surface area contributed by atoms with Crippen molar-refractivity contribution in [3.05, 3.63) is 71.3 Å². The Bertz CT molecular complexity index is 1270. The zero-order valence-electron chi connectivity index (χ0n) is 28.8. The molecule has 6 rings (SSSR count). The van der Waals surface area contributed by atoms with E-state index in [0.717, 1.165) is 40.9 Å². The second-order valence-electron chi connectivity index (χ2n) is 16.8. The van der Waals surface area contributed by atoms with Gasteiger partial charge in [0.2, 0.25) is 0 Å². The number of ether oxygens (including phenoxy) is 1. The number of rotatable bonds is 10. The minimum Gasteiger partial charge on any atom is -0.462 e. The molecule has 0 spiro atoms. The standard InChI is InChI=1S/C42H60O3/c1-28(2)12-11-13-29(3)34-21-22-35-39-36(23-25-42(34,35)5)41(4)24-10-9-16-33(41)27-37(39)45-38(43)26-30-17-19-32(20-18-30)40(44)31-14-7-6-8-15-31/h6-8,14-15,17-20,28-29,33-37,39-40,44H,9-13,16,21-27H2,1-5H3/t29-,33-,34-,35+,36+,37-,39+,40?,41+,42-/m1/s1. The van der Waals surface area contributed by atoms with E-state index >= 15 is 0 Å². The third-order valence-corrected chi connectivity index (χ3v) is 13.8. The molecule has 0 bridgehead atoms. The Morgan fingerprint density at radius 1 is 0.844 bits per heavy atom. The minimum atomic E-state index is -0.662. The molecule has 4 aliphatic rings. The average Bonchev–Trinajstić information content (AvgIpc) is 3.38. The number of aliphatic hydroxyl groups is 1. The molecule has 3 nitrogen and oxygen atoms in total. The van der Waals surface area contributed by atoms with E-state index in [1.807, 2.05) is 54.6 Å². The number of hydrogen-bond donors (Lipinski definition) is 1. The summed E-state index contributed by atoms with van der Waals surface area (Å²) in [6, 6.07) is 17.6. The van der Waals surface area contributed by atoms with E-state index in [1.54, 1.807) is 0 Å². The van der Waals surface area contributed by atoms with Crippen molar-refractivity contribution in [1.29, 1.82) is 0 Å². The second-order valence-corrected chi connectivity index (χ2v) is 16.8. The molecule has 3 heteroatoms. The number of fused-ring (bicyclic) bond motifs is 5. The summed E-state index contributed by atoms with van der Waals surface area (Å²) >= 11 is 0. The molecule has 4 aliphatic carbocycles. The minimum absolute atomic E-state index is 0.0532. The third-order valence-electron chi connectivity index (χ3n) is 13.8. The van der Waals surface area contributed by atoms with Gasteiger partial charge in [0.1, 0.15) is 12.2 Å². The van der Waals surface area contributed by atoms with E-state index in [4.69, 9.17) is 4.74 Å². The summed E-state index contributed by atoms with van der Waals surface area (Å²) in [4.78, 5) is 13.7. The van der Waals surface area contributed by atoms with Gasteiger partial charge >= 0.3 is 5.97 Å². The summed E-state index contributed by atoms with van der Waals surface area (Å²) in [5, 5.41) is 10.8. The van der Waals surface area contributed by atoms with Gasteiger partial charge in [-0.1, -0.05) is 121 Å². The van der Waals surface area contributed by atoms with Crippen molar-refractivity contribution in [3.8, 4) is 0 Å². The Labute approximate surface area is 273 Å². The van der Waals surface area contributed by atoms with Crippen LogP contribution in [0.15, 0.2) is 54.6 Å². The van der Waals surface area contributed by atoms with Gasteiger partial charge in [0.05, 0.1) is 6.42 Å². The molecule has 0 saturated heterocycles. The van der Waals surface area contributed by atoms with Crippen LogP contribution in [-0.2, 0) is 16.0 Å². The largest absolute Gasteiger partial charge is 0.462 e. The van der Waals surface area contributed by atoms with E-state index in [-0.39, 0.29) is 12.1 Å². The lowest BCUT2D eigenvalue weighted by Gasteiger charge is -2.62. The molecule has 2 aromatic rings. The van der Waals surface area contributed by atoms with Crippen molar-refractivity contribution in [1.82, 2.24) is 0 Å². The first-order chi connectivity index (χ1) is 21.6. The summed E-state index contributed by atoms with van der Waals surface area (Å²) in [6.07, 6.45) is 15.5. The molecule has 0 aliphatic heterocycles. The van der Waals surface area contributed by atoms with E-state index in [1.165, 1.54) is 70.6 Å². The van der Waals surface area contributed by atoms with E-state index in [2.05, 4.69) is 34.6 Å². The molecule has 0 heterocycles. The fourth-order valence-corrected chi connectivity index (χ4v) is 11.4. The zero-order valence-corrected chi connectivity index (χ0v) is 28.8. The molecule has 0 aromatic heterocycles. The zero-order chi connectivity index (χ0) is 31.8. The summed E-state index contributed by atoms with van der Waals surface area (Å²) in [5.41, 5.74) is 3.47. The molecule has 45 heavy (non-hydrogen) atoms. The number of benzene rings is 2. The highest BCUT2D eigenvalue weighted by Crippen LogP contribution is 2.68. The van der Waals surface area contributed by atoms with Gasteiger partial charge in [-0.3, -0.25) is 4.79 Å². The Morgan fingerprint density at radius 3 is 2.29 bits per heavy atom. The van der Waals surface area contributed by atoms with Crippen LogP contribution < -0.4 is 0 Å².